The highest BCUT2D eigenvalue weighted by molar-refractivity contribution is 6.06. The molecule has 1 amide bonds. The van der Waals surface area contributed by atoms with Crippen LogP contribution in [0.4, 0.5) is 0 Å². The van der Waals surface area contributed by atoms with Crippen LogP contribution in [0.5, 0.6) is 0 Å². The van der Waals surface area contributed by atoms with Crippen LogP contribution in [-0.4, -0.2) is 10.9 Å². The SMILES string of the molecule is Cc1cc(C(=O)NCc2ccccc2C)c2ccccc2n1. The zero-order valence-corrected chi connectivity index (χ0v) is 12.8. The molecule has 0 spiro atoms. The first kappa shape index (κ1) is 14.3. The van der Waals surface area contributed by atoms with E-state index in [1.165, 1.54) is 5.56 Å². The molecule has 1 N–H and O–H groups in total. The highest BCUT2D eigenvalue weighted by atomic mass is 16.1. The highest BCUT2D eigenvalue weighted by Gasteiger charge is 2.11. The standard InChI is InChI=1S/C19H18N2O/c1-13-7-3-4-8-15(13)12-20-19(22)17-11-14(2)21-18-10-6-5-9-16(17)18/h3-11H,12H2,1-2H3,(H,20,22). The van der Waals surface area contributed by atoms with E-state index < -0.39 is 0 Å². The Hall–Kier alpha value is -2.68. The lowest BCUT2D eigenvalue weighted by molar-refractivity contribution is 0.0952. The van der Waals surface area contributed by atoms with Gasteiger partial charge in [0.05, 0.1) is 11.1 Å². The maximum absolute atomic E-state index is 12.6. The van der Waals surface area contributed by atoms with E-state index in [9.17, 15) is 4.79 Å². The molecular weight excluding hydrogens is 272 g/mol. The summed E-state index contributed by atoms with van der Waals surface area (Å²) in [4.78, 5) is 17.0. The van der Waals surface area contributed by atoms with Gasteiger partial charge in [0.15, 0.2) is 0 Å². The minimum atomic E-state index is -0.0649. The van der Waals surface area contributed by atoms with Gasteiger partial charge in [0.2, 0.25) is 0 Å². The summed E-state index contributed by atoms with van der Waals surface area (Å²) in [5.74, 6) is -0.0649. The second-order valence-electron chi connectivity index (χ2n) is 5.44. The molecule has 0 saturated carbocycles. The van der Waals surface area contributed by atoms with Gasteiger partial charge in [0.1, 0.15) is 0 Å². The number of benzene rings is 2. The summed E-state index contributed by atoms with van der Waals surface area (Å²) < 4.78 is 0. The van der Waals surface area contributed by atoms with E-state index >= 15 is 0 Å². The van der Waals surface area contributed by atoms with E-state index in [2.05, 4.69) is 10.3 Å². The Kier molecular flexibility index (Phi) is 3.88. The number of fused-ring (bicyclic) bond motifs is 1. The first-order chi connectivity index (χ1) is 10.6. The molecule has 110 valence electrons. The molecule has 0 atom stereocenters. The molecule has 3 nitrogen and oxygen atoms in total. The molecule has 0 unspecified atom stereocenters. The Labute approximate surface area is 130 Å². The van der Waals surface area contributed by atoms with Crippen LogP contribution in [0.1, 0.15) is 27.2 Å². The van der Waals surface area contributed by atoms with Crippen molar-refractivity contribution in [3.05, 3.63) is 77.0 Å². The zero-order valence-electron chi connectivity index (χ0n) is 12.8. The second kappa shape index (κ2) is 5.98. The van der Waals surface area contributed by atoms with Crippen LogP contribution in [0.3, 0.4) is 0 Å². The third-order valence-corrected chi connectivity index (χ3v) is 3.79. The molecule has 22 heavy (non-hydrogen) atoms. The highest BCUT2D eigenvalue weighted by Crippen LogP contribution is 2.18. The van der Waals surface area contributed by atoms with Crippen molar-refractivity contribution in [1.29, 1.82) is 0 Å². The fraction of sp³-hybridized carbons (Fsp3) is 0.158. The second-order valence-corrected chi connectivity index (χ2v) is 5.44. The Balaban J connectivity index is 1.88. The topological polar surface area (TPSA) is 42.0 Å². The first-order valence-electron chi connectivity index (χ1n) is 7.34. The van der Waals surface area contributed by atoms with Crippen molar-refractivity contribution in [3.63, 3.8) is 0 Å². The van der Waals surface area contributed by atoms with Crippen LogP contribution in [0.25, 0.3) is 10.9 Å². The quantitative estimate of drug-likeness (QED) is 0.797. The third kappa shape index (κ3) is 2.84. The Morgan fingerprint density at radius 1 is 1.05 bits per heavy atom. The van der Waals surface area contributed by atoms with Gasteiger partial charge < -0.3 is 5.32 Å². The molecule has 3 aromatic rings. The lowest BCUT2D eigenvalue weighted by Crippen LogP contribution is -2.23. The summed E-state index contributed by atoms with van der Waals surface area (Å²) in [7, 11) is 0. The van der Waals surface area contributed by atoms with Gasteiger partial charge in [-0.3, -0.25) is 9.78 Å². The molecule has 3 rings (SSSR count). The minimum absolute atomic E-state index is 0.0649. The van der Waals surface area contributed by atoms with E-state index in [4.69, 9.17) is 0 Å². The van der Waals surface area contributed by atoms with Crippen molar-refractivity contribution in [2.45, 2.75) is 20.4 Å². The van der Waals surface area contributed by atoms with E-state index in [-0.39, 0.29) is 5.91 Å². The van der Waals surface area contributed by atoms with Gasteiger partial charge in [-0.25, -0.2) is 0 Å². The predicted octanol–water partition coefficient (Wildman–Crippen LogP) is 3.78. The molecule has 0 aliphatic carbocycles. The average Bonchev–Trinajstić information content (AvgIpc) is 2.53. The molecular formula is C19H18N2O. The lowest BCUT2D eigenvalue weighted by Gasteiger charge is -2.10. The van der Waals surface area contributed by atoms with Crippen LogP contribution in [0.2, 0.25) is 0 Å². The summed E-state index contributed by atoms with van der Waals surface area (Å²) in [6.45, 7) is 4.49. The van der Waals surface area contributed by atoms with Crippen LogP contribution in [0, 0.1) is 13.8 Å². The number of nitrogens with one attached hydrogen (secondary N) is 1. The number of nitrogens with zero attached hydrogens (tertiary/aromatic N) is 1. The molecule has 3 heteroatoms. The van der Waals surface area contributed by atoms with Crippen LogP contribution in [-0.2, 0) is 6.54 Å². The number of aromatic nitrogens is 1. The van der Waals surface area contributed by atoms with Gasteiger partial charge in [-0.15, -0.1) is 0 Å². The van der Waals surface area contributed by atoms with Crippen molar-refractivity contribution in [1.82, 2.24) is 10.3 Å². The van der Waals surface area contributed by atoms with Crippen molar-refractivity contribution in [2.24, 2.45) is 0 Å². The molecule has 0 aliphatic rings. The number of rotatable bonds is 3. The molecule has 0 bridgehead atoms. The fourth-order valence-corrected chi connectivity index (χ4v) is 2.57. The molecule has 0 radical (unpaired) electrons. The Morgan fingerprint density at radius 2 is 1.77 bits per heavy atom. The van der Waals surface area contributed by atoms with Crippen molar-refractivity contribution in [3.8, 4) is 0 Å². The number of amides is 1. The number of aryl methyl sites for hydroxylation is 2. The number of carbonyl (C=O) groups is 1. The lowest BCUT2D eigenvalue weighted by atomic mass is 10.1. The summed E-state index contributed by atoms with van der Waals surface area (Å²) in [5, 5.41) is 3.89. The van der Waals surface area contributed by atoms with Gasteiger partial charge in [-0.05, 0) is 37.1 Å². The monoisotopic (exact) mass is 290 g/mol. The summed E-state index contributed by atoms with van der Waals surface area (Å²) in [6.07, 6.45) is 0. The zero-order chi connectivity index (χ0) is 15.5. The Morgan fingerprint density at radius 3 is 2.59 bits per heavy atom. The largest absolute Gasteiger partial charge is 0.348 e. The fourth-order valence-electron chi connectivity index (χ4n) is 2.57. The summed E-state index contributed by atoms with van der Waals surface area (Å²) in [5.41, 5.74) is 4.68. The predicted molar refractivity (Wildman–Crippen MR) is 88.8 cm³/mol. The van der Waals surface area contributed by atoms with Gasteiger partial charge in [-0.2, -0.15) is 0 Å². The number of carbonyl (C=O) groups excluding carboxylic acids is 1. The van der Waals surface area contributed by atoms with E-state index in [0.717, 1.165) is 22.2 Å². The van der Waals surface area contributed by atoms with Crippen molar-refractivity contribution >= 4 is 16.8 Å². The minimum Gasteiger partial charge on any atom is -0.348 e. The first-order valence-corrected chi connectivity index (χ1v) is 7.34. The molecule has 1 heterocycles. The summed E-state index contributed by atoms with van der Waals surface area (Å²) in [6, 6.07) is 17.6. The van der Waals surface area contributed by atoms with E-state index in [1.807, 2.05) is 68.4 Å². The van der Waals surface area contributed by atoms with Crippen LogP contribution >= 0.6 is 0 Å². The van der Waals surface area contributed by atoms with E-state index in [0.29, 0.717) is 12.1 Å². The molecule has 0 fully saturated rings. The van der Waals surface area contributed by atoms with Crippen molar-refractivity contribution in [2.75, 3.05) is 0 Å². The Bertz CT molecular complexity index is 840. The molecule has 0 aliphatic heterocycles. The van der Waals surface area contributed by atoms with Gasteiger partial charge in [0.25, 0.3) is 5.91 Å². The number of pyridine rings is 1. The number of para-hydroxylation sites is 1. The maximum Gasteiger partial charge on any atom is 0.252 e. The molecule has 0 saturated heterocycles. The normalized spacial score (nSPS) is 10.6. The molecule has 1 aromatic heterocycles. The van der Waals surface area contributed by atoms with Gasteiger partial charge in [-0.1, -0.05) is 42.5 Å². The maximum atomic E-state index is 12.6. The van der Waals surface area contributed by atoms with Gasteiger partial charge >= 0.3 is 0 Å². The average molecular weight is 290 g/mol. The van der Waals surface area contributed by atoms with Crippen LogP contribution in [0.15, 0.2) is 54.6 Å². The molecule has 2 aromatic carbocycles. The van der Waals surface area contributed by atoms with Crippen LogP contribution < -0.4 is 5.32 Å². The van der Waals surface area contributed by atoms with Gasteiger partial charge in [0, 0.05) is 17.6 Å². The van der Waals surface area contributed by atoms with E-state index in [1.54, 1.807) is 0 Å². The van der Waals surface area contributed by atoms with Crippen molar-refractivity contribution < 1.29 is 4.79 Å². The third-order valence-electron chi connectivity index (χ3n) is 3.79. The summed E-state index contributed by atoms with van der Waals surface area (Å²) >= 11 is 0. The number of hydrogen-bond acceptors (Lipinski definition) is 2. The number of hydrogen-bond donors (Lipinski definition) is 1. The smallest absolute Gasteiger partial charge is 0.252 e.